The fraction of sp³-hybridized carbons (Fsp3) is 0.154. The van der Waals surface area contributed by atoms with Crippen molar-refractivity contribution in [2.75, 3.05) is 0 Å². The molecule has 0 amide bonds. The van der Waals surface area contributed by atoms with Gasteiger partial charge in [0, 0.05) is 6.21 Å². The van der Waals surface area contributed by atoms with Crippen molar-refractivity contribution in [1.29, 1.82) is 5.41 Å². The van der Waals surface area contributed by atoms with E-state index in [0.717, 1.165) is 5.56 Å². The van der Waals surface area contributed by atoms with Crippen molar-refractivity contribution >= 4 is 93.6 Å². The first kappa shape index (κ1) is 19.8. The number of nitrogens with one attached hydrogen (secondary N) is 1. The molecular formula is C13H9Cl6N3. The first-order valence-electron chi connectivity index (χ1n) is 5.68. The van der Waals surface area contributed by atoms with Crippen LogP contribution in [-0.2, 0) is 0 Å². The average Bonchev–Trinajstić information content (AvgIpc) is 2.40. The summed E-state index contributed by atoms with van der Waals surface area (Å²) < 4.78 is -3.99. The third kappa shape index (κ3) is 7.32. The third-order valence-electron chi connectivity index (χ3n) is 2.11. The minimum Gasteiger partial charge on any atom is -0.283 e. The third-order valence-corrected chi connectivity index (χ3v) is 3.16. The smallest absolute Gasteiger partial charge is 0.250 e. The molecule has 9 heteroatoms. The highest BCUT2D eigenvalue weighted by Crippen LogP contribution is 2.32. The number of benzene rings is 1. The fourth-order valence-electron chi connectivity index (χ4n) is 1.17. The second kappa shape index (κ2) is 8.53. The van der Waals surface area contributed by atoms with Gasteiger partial charge in [0.1, 0.15) is 0 Å². The molecule has 1 aromatic rings. The summed E-state index contributed by atoms with van der Waals surface area (Å²) in [6.45, 7) is 0. The van der Waals surface area contributed by atoms with Crippen LogP contribution in [-0.4, -0.2) is 25.5 Å². The molecule has 3 nitrogen and oxygen atoms in total. The number of alkyl halides is 6. The van der Waals surface area contributed by atoms with Crippen LogP contribution in [0, 0.1) is 5.41 Å². The Bertz CT molecular complexity index is 596. The zero-order chi connectivity index (χ0) is 16.8. The van der Waals surface area contributed by atoms with Crippen LogP contribution in [0.5, 0.6) is 0 Å². The molecule has 0 aliphatic heterocycles. The van der Waals surface area contributed by atoms with Crippen LogP contribution < -0.4 is 0 Å². The summed E-state index contributed by atoms with van der Waals surface area (Å²) in [4.78, 5) is 7.53. The van der Waals surface area contributed by atoms with Crippen LogP contribution in [0.1, 0.15) is 5.56 Å². The Morgan fingerprint density at radius 3 is 2.05 bits per heavy atom. The van der Waals surface area contributed by atoms with Gasteiger partial charge in [-0.05, 0) is 11.6 Å². The average molecular weight is 420 g/mol. The van der Waals surface area contributed by atoms with Crippen LogP contribution in [0.15, 0.2) is 46.4 Å². The molecule has 0 spiro atoms. The SMILES string of the molecule is N=C(\N=C(/N=C/C=C\c1ccccc1)C(Cl)(Cl)Cl)C(Cl)(Cl)Cl. The Kier molecular flexibility index (Phi) is 7.66. The Balaban J connectivity index is 2.92. The van der Waals surface area contributed by atoms with Gasteiger partial charge in [0.15, 0.2) is 11.7 Å². The van der Waals surface area contributed by atoms with Gasteiger partial charge in [-0.25, -0.2) is 9.98 Å². The Morgan fingerprint density at radius 2 is 1.55 bits per heavy atom. The lowest BCUT2D eigenvalue weighted by atomic mass is 10.2. The highest BCUT2D eigenvalue weighted by Gasteiger charge is 2.32. The van der Waals surface area contributed by atoms with Crippen LogP contribution in [0.4, 0.5) is 0 Å². The van der Waals surface area contributed by atoms with Gasteiger partial charge in [0.2, 0.25) is 7.59 Å². The zero-order valence-corrected chi connectivity index (χ0v) is 15.3. The Hall–Kier alpha value is -0.290. The van der Waals surface area contributed by atoms with E-state index < -0.39 is 13.4 Å². The quantitative estimate of drug-likeness (QED) is 0.353. The number of nitrogens with zero attached hydrogens (tertiary/aromatic N) is 2. The number of rotatable bonds is 2. The summed E-state index contributed by atoms with van der Waals surface area (Å²) in [7, 11) is 0. The molecule has 0 aliphatic carbocycles. The molecule has 0 heterocycles. The molecule has 0 atom stereocenters. The zero-order valence-electron chi connectivity index (χ0n) is 10.8. The van der Waals surface area contributed by atoms with Crippen molar-refractivity contribution < 1.29 is 0 Å². The summed E-state index contributed by atoms with van der Waals surface area (Å²) >= 11 is 33.7. The second-order valence-corrected chi connectivity index (χ2v) is 8.39. The lowest BCUT2D eigenvalue weighted by molar-refractivity contribution is 1.30. The van der Waals surface area contributed by atoms with Crippen LogP contribution in [0.25, 0.3) is 6.08 Å². The van der Waals surface area contributed by atoms with Crippen LogP contribution in [0.3, 0.4) is 0 Å². The van der Waals surface area contributed by atoms with Gasteiger partial charge >= 0.3 is 0 Å². The number of amidine groups is 2. The Morgan fingerprint density at radius 1 is 0.955 bits per heavy atom. The topological polar surface area (TPSA) is 48.6 Å². The molecule has 0 fully saturated rings. The highest BCUT2D eigenvalue weighted by atomic mass is 35.6. The summed E-state index contributed by atoms with van der Waals surface area (Å²) in [6, 6.07) is 9.52. The van der Waals surface area contributed by atoms with Crippen molar-refractivity contribution in [3.8, 4) is 0 Å². The molecular weight excluding hydrogens is 411 g/mol. The van der Waals surface area contributed by atoms with E-state index in [1.807, 2.05) is 30.3 Å². The van der Waals surface area contributed by atoms with Gasteiger partial charge in [0.05, 0.1) is 0 Å². The number of halogens is 6. The molecule has 0 aliphatic rings. The maximum Gasteiger partial charge on any atom is 0.250 e. The van der Waals surface area contributed by atoms with Crippen molar-refractivity contribution in [3.63, 3.8) is 0 Å². The van der Waals surface area contributed by atoms with Gasteiger partial charge < -0.3 is 0 Å². The number of hydrogen-bond donors (Lipinski definition) is 1. The van der Waals surface area contributed by atoms with E-state index >= 15 is 0 Å². The minimum atomic E-state index is -2.03. The molecule has 0 saturated carbocycles. The van der Waals surface area contributed by atoms with Crippen LogP contribution in [0.2, 0.25) is 0 Å². The van der Waals surface area contributed by atoms with Gasteiger partial charge in [-0.3, -0.25) is 5.41 Å². The molecule has 0 aromatic heterocycles. The lowest BCUT2D eigenvalue weighted by Crippen LogP contribution is -2.23. The predicted molar refractivity (Wildman–Crippen MR) is 99.7 cm³/mol. The second-order valence-electron chi connectivity index (χ2n) is 3.83. The molecule has 0 radical (unpaired) electrons. The predicted octanol–water partition coefficient (Wildman–Crippen LogP) is 5.89. The van der Waals surface area contributed by atoms with Gasteiger partial charge in [0.25, 0.3) is 0 Å². The molecule has 22 heavy (non-hydrogen) atoms. The molecule has 1 rings (SSSR count). The van der Waals surface area contributed by atoms with Gasteiger partial charge in [-0.2, -0.15) is 0 Å². The number of aliphatic imine (C=N–C) groups is 2. The van der Waals surface area contributed by atoms with Gasteiger partial charge in [-0.15, -0.1) is 0 Å². The van der Waals surface area contributed by atoms with Crippen molar-refractivity contribution in [2.24, 2.45) is 9.98 Å². The van der Waals surface area contributed by atoms with Crippen LogP contribution >= 0.6 is 69.6 Å². The van der Waals surface area contributed by atoms with E-state index in [2.05, 4.69) is 9.98 Å². The molecule has 1 aromatic carbocycles. The highest BCUT2D eigenvalue weighted by molar-refractivity contribution is 6.78. The fourth-order valence-corrected chi connectivity index (χ4v) is 1.57. The molecule has 0 saturated heterocycles. The van der Waals surface area contributed by atoms with E-state index in [0.29, 0.717) is 0 Å². The minimum absolute atomic E-state index is 0.286. The van der Waals surface area contributed by atoms with Crippen molar-refractivity contribution in [3.05, 3.63) is 42.0 Å². The van der Waals surface area contributed by atoms with E-state index in [1.54, 1.807) is 12.2 Å². The first-order chi connectivity index (χ1) is 10.1. The van der Waals surface area contributed by atoms with E-state index in [4.69, 9.17) is 75.0 Å². The molecule has 118 valence electrons. The maximum absolute atomic E-state index is 7.51. The van der Waals surface area contributed by atoms with E-state index in [9.17, 15) is 0 Å². The largest absolute Gasteiger partial charge is 0.283 e. The molecule has 0 unspecified atom stereocenters. The monoisotopic (exact) mass is 417 g/mol. The summed E-state index contributed by atoms with van der Waals surface area (Å²) in [5.74, 6) is -0.894. The number of allylic oxidation sites excluding steroid dienone is 1. The number of hydrogen-bond acceptors (Lipinski definition) is 1. The van der Waals surface area contributed by atoms with E-state index in [1.165, 1.54) is 6.21 Å². The van der Waals surface area contributed by atoms with Crippen molar-refractivity contribution in [1.82, 2.24) is 0 Å². The molecule has 0 bridgehead atoms. The summed E-state index contributed by atoms with van der Waals surface area (Å²) in [5.41, 5.74) is 0.968. The standard InChI is InChI=1S/C13H9Cl6N3/c14-12(15,16)10(20)22-11(13(17,18)19)21-8-4-7-9-5-2-1-3-6-9/h1-8,20H/b7-4-,20-10?,21-8+,22-11-. The normalized spacial score (nSPS) is 14.0. The lowest BCUT2D eigenvalue weighted by Gasteiger charge is -2.13. The Labute approximate surface area is 158 Å². The summed E-state index contributed by atoms with van der Waals surface area (Å²) in [6.07, 6.45) is 4.78. The van der Waals surface area contributed by atoms with E-state index in [-0.39, 0.29) is 5.84 Å². The maximum atomic E-state index is 7.51. The van der Waals surface area contributed by atoms with Crippen molar-refractivity contribution in [2.45, 2.75) is 7.59 Å². The van der Waals surface area contributed by atoms with Gasteiger partial charge in [-0.1, -0.05) is 106 Å². The molecule has 1 N–H and O–H groups in total. The first-order valence-corrected chi connectivity index (χ1v) is 7.95. The summed E-state index contributed by atoms with van der Waals surface area (Å²) in [5, 5.41) is 7.51.